The number of halogens is 1. The third-order valence-electron chi connectivity index (χ3n) is 4.16. The van der Waals surface area contributed by atoms with E-state index in [1.54, 1.807) is 18.2 Å². The molecule has 0 radical (unpaired) electrons. The molecule has 0 saturated carbocycles. The van der Waals surface area contributed by atoms with E-state index in [1.165, 1.54) is 6.08 Å². The molecule has 0 heterocycles. The summed E-state index contributed by atoms with van der Waals surface area (Å²) in [5, 5.41) is 0.545. The second kappa shape index (κ2) is 9.53. The molecule has 0 aliphatic rings. The van der Waals surface area contributed by atoms with Gasteiger partial charge in [0, 0.05) is 11.1 Å². The first-order valence-corrected chi connectivity index (χ1v) is 9.15. The van der Waals surface area contributed by atoms with Gasteiger partial charge in [0.1, 0.15) is 0 Å². The topological polar surface area (TPSA) is 58.2 Å². The fourth-order valence-electron chi connectivity index (χ4n) is 2.80. The number of carbonyl (C=O) groups excluding carboxylic acids is 2. The predicted molar refractivity (Wildman–Crippen MR) is 111 cm³/mol. The van der Waals surface area contributed by atoms with Crippen molar-refractivity contribution >= 4 is 29.5 Å². The lowest BCUT2D eigenvalue weighted by molar-refractivity contribution is -0.127. The minimum atomic E-state index is -0.532. The molecule has 2 amide bonds. The van der Waals surface area contributed by atoms with Crippen molar-refractivity contribution in [1.82, 2.24) is 10.9 Å². The summed E-state index contributed by atoms with van der Waals surface area (Å²) in [7, 11) is 0. The quantitative estimate of drug-likeness (QED) is 0.503. The minimum absolute atomic E-state index is 0.322. The van der Waals surface area contributed by atoms with E-state index in [2.05, 4.69) is 10.9 Å². The number of hydrazine groups is 1. The Morgan fingerprint density at radius 1 is 0.750 bits per heavy atom. The highest BCUT2D eigenvalue weighted by molar-refractivity contribution is 6.32. The average molecular weight is 391 g/mol. The van der Waals surface area contributed by atoms with Gasteiger partial charge in [-0.05, 0) is 28.8 Å². The minimum Gasteiger partial charge on any atom is -0.272 e. The maximum absolute atomic E-state index is 12.8. The summed E-state index contributed by atoms with van der Waals surface area (Å²) in [6.07, 6.45) is 2.91. The van der Waals surface area contributed by atoms with E-state index in [-0.39, 0.29) is 5.91 Å². The summed E-state index contributed by atoms with van der Waals surface area (Å²) in [5.74, 6) is -1.31. The first-order valence-electron chi connectivity index (χ1n) is 8.77. The summed E-state index contributed by atoms with van der Waals surface area (Å²) in [5.41, 5.74) is 7.33. The van der Waals surface area contributed by atoms with Gasteiger partial charge < -0.3 is 0 Å². The Morgan fingerprint density at radius 3 is 1.86 bits per heavy atom. The Bertz CT molecular complexity index is 933. The van der Waals surface area contributed by atoms with Crippen molar-refractivity contribution in [3.05, 3.63) is 113 Å². The number of amides is 2. The standard InChI is InChI=1S/C23H19ClN2O2/c24-20-14-8-7-9-17(20)15-16-21(27)25-26-23(28)22(18-10-3-1-4-11-18)19-12-5-2-6-13-19/h1-16,22H,(H,25,27)(H,26,28). The summed E-state index contributed by atoms with van der Waals surface area (Å²) < 4.78 is 0. The largest absolute Gasteiger partial charge is 0.272 e. The molecule has 0 aliphatic heterocycles. The lowest BCUT2D eigenvalue weighted by Crippen LogP contribution is -2.43. The number of nitrogens with one attached hydrogen (secondary N) is 2. The van der Waals surface area contributed by atoms with E-state index >= 15 is 0 Å². The molecule has 0 unspecified atom stereocenters. The zero-order valence-corrected chi connectivity index (χ0v) is 15.8. The van der Waals surface area contributed by atoms with Crippen LogP contribution in [-0.4, -0.2) is 11.8 Å². The zero-order valence-electron chi connectivity index (χ0n) is 15.0. The molecule has 0 spiro atoms. The van der Waals surface area contributed by atoms with Gasteiger partial charge in [-0.15, -0.1) is 0 Å². The third-order valence-corrected chi connectivity index (χ3v) is 4.50. The first kappa shape index (κ1) is 19.4. The Kier molecular flexibility index (Phi) is 6.60. The number of rotatable bonds is 5. The van der Waals surface area contributed by atoms with Crippen molar-refractivity contribution in [2.24, 2.45) is 0 Å². The molecule has 3 aromatic carbocycles. The number of hydrogen-bond donors (Lipinski definition) is 2. The molecule has 3 aromatic rings. The van der Waals surface area contributed by atoms with Crippen LogP contribution in [0.25, 0.3) is 6.08 Å². The Labute approximate surface area is 168 Å². The van der Waals surface area contributed by atoms with Crippen molar-refractivity contribution in [1.29, 1.82) is 0 Å². The van der Waals surface area contributed by atoms with Gasteiger partial charge in [-0.25, -0.2) is 0 Å². The van der Waals surface area contributed by atoms with Gasteiger partial charge in [0.15, 0.2) is 0 Å². The molecule has 0 aliphatic carbocycles. The Balaban J connectivity index is 1.69. The van der Waals surface area contributed by atoms with Crippen LogP contribution in [0.3, 0.4) is 0 Å². The van der Waals surface area contributed by atoms with Gasteiger partial charge in [0.2, 0.25) is 5.91 Å². The summed E-state index contributed by atoms with van der Waals surface area (Å²) in [6.45, 7) is 0. The van der Waals surface area contributed by atoms with Gasteiger partial charge in [0.25, 0.3) is 5.91 Å². The zero-order chi connectivity index (χ0) is 19.8. The number of carbonyl (C=O) groups is 2. The van der Waals surface area contributed by atoms with Crippen LogP contribution < -0.4 is 10.9 Å². The van der Waals surface area contributed by atoms with E-state index < -0.39 is 11.8 Å². The van der Waals surface area contributed by atoms with Crippen molar-refractivity contribution in [2.45, 2.75) is 5.92 Å². The molecule has 0 fully saturated rings. The van der Waals surface area contributed by atoms with Crippen LogP contribution in [-0.2, 0) is 9.59 Å². The monoisotopic (exact) mass is 390 g/mol. The highest BCUT2D eigenvalue weighted by Crippen LogP contribution is 2.24. The molecule has 4 nitrogen and oxygen atoms in total. The predicted octanol–water partition coefficient (Wildman–Crippen LogP) is 4.33. The number of benzene rings is 3. The van der Waals surface area contributed by atoms with Gasteiger partial charge in [-0.3, -0.25) is 20.4 Å². The average Bonchev–Trinajstić information content (AvgIpc) is 2.73. The summed E-state index contributed by atoms with van der Waals surface area (Å²) >= 11 is 6.06. The van der Waals surface area contributed by atoms with Crippen LogP contribution in [0.1, 0.15) is 22.6 Å². The van der Waals surface area contributed by atoms with Crippen LogP contribution in [0, 0.1) is 0 Å². The highest BCUT2D eigenvalue weighted by atomic mass is 35.5. The normalized spacial score (nSPS) is 10.8. The van der Waals surface area contributed by atoms with Gasteiger partial charge >= 0.3 is 0 Å². The first-order chi connectivity index (χ1) is 13.6. The van der Waals surface area contributed by atoms with E-state index in [9.17, 15) is 9.59 Å². The number of hydrogen-bond acceptors (Lipinski definition) is 2. The summed E-state index contributed by atoms with van der Waals surface area (Å²) in [6, 6.07) is 26.0. The summed E-state index contributed by atoms with van der Waals surface area (Å²) in [4.78, 5) is 24.9. The molecule has 0 saturated heterocycles. The van der Waals surface area contributed by atoms with Gasteiger partial charge in [-0.1, -0.05) is 90.5 Å². The van der Waals surface area contributed by atoms with Crippen molar-refractivity contribution in [3.8, 4) is 0 Å². The van der Waals surface area contributed by atoms with Crippen LogP contribution >= 0.6 is 11.6 Å². The maximum atomic E-state index is 12.8. The highest BCUT2D eigenvalue weighted by Gasteiger charge is 2.22. The lowest BCUT2D eigenvalue weighted by atomic mass is 9.91. The molecule has 0 aromatic heterocycles. The van der Waals surface area contributed by atoms with Crippen molar-refractivity contribution in [3.63, 3.8) is 0 Å². The van der Waals surface area contributed by atoms with E-state index in [1.807, 2.05) is 72.8 Å². The fourth-order valence-corrected chi connectivity index (χ4v) is 3.00. The Hall–Kier alpha value is -3.37. The third kappa shape index (κ3) is 5.09. The maximum Gasteiger partial charge on any atom is 0.262 e. The molecule has 0 atom stereocenters. The van der Waals surface area contributed by atoms with Crippen LogP contribution in [0.4, 0.5) is 0 Å². The van der Waals surface area contributed by atoms with E-state index in [4.69, 9.17) is 11.6 Å². The van der Waals surface area contributed by atoms with Crippen LogP contribution in [0.2, 0.25) is 5.02 Å². The lowest BCUT2D eigenvalue weighted by Gasteiger charge is -2.17. The van der Waals surface area contributed by atoms with Crippen LogP contribution in [0.5, 0.6) is 0 Å². The molecule has 5 heteroatoms. The van der Waals surface area contributed by atoms with Crippen LogP contribution in [0.15, 0.2) is 91.0 Å². The van der Waals surface area contributed by atoms with E-state index in [0.717, 1.165) is 16.7 Å². The molecule has 0 bridgehead atoms. The fraction of sp³-hybridized carbons (Fsp3) is 0.0435. The van der Waals surface area contributed by atoms with Gasteiger partial charge in [-0.2, -0.15) is 0 Å². The smallest absolute Gasteiger partial charge is 0.262 e. The van der Waals surface area contributed by atoms with Crippen molar-refractivity contribution < 1.29 is 9.59 Å². The SMILES string of the molecule is O=C(C=Cc1ccccc1Cl)NNC(=O)C(c1ccccc1)c1ccccc1. The van der Waals surface area contributed by atoms with Crippen molar-refractivity contribution in [2.75, 3.05) is 0 Å². The second-order valence-electron chi connectivity index (χ2n) is 6.09. The molecule has 140 valence electrons. The molecule has 3 rings (SSSR count). The molecule has 2 N–H and O–H groups in total. The van der Waals surface area contributed by atoms with Gasteiger partial charge in [0.05, 0.1) is 5.92 Å². The molecule has 28 heavy (non-hydrogen) atoms. The molecular formula is C23H19ClN2O2. The molecular weight excluding hydrogens is 372 g/mol. The second-order valence-corrected chi connectivity index (χ2v) is 6.49. The Morgan fingerprint density at radius 2 is 1.29 bits per heavy atom. The van der Waals surface area contributed by atoms with E-state index in [0.29, 0.717) is 5.02 Å².